The Morgan fingerprint density at radius 1 is 1.39 bits per heavy atom. The third-order valence-electron chi connectivity index (χ3n) is 3.72. The zero-order chi connectivity index (χ0) is 16.6. The summed E-state index contributed by atoms with van der Waals surface area (Å²) in [6, 6.07) is 5.24. The van der Waals surface area contributed by atoms with E-state index in [2.05, 4.69) is 5.10 Å². The molecule has 3 heterocycles. The highest BCUT2D eigenvalue weighted by atomic mass is 32.2. The third kappa shape index (κ3) is 3.31. The van der Waals surface area contributed by atoms with Gasteiger partial charge in [0.25, 0.3) is 10.0 Å². The number of hydrogen-bond donors (Lipinski definition) is 1. The molecule has 124 valence electrons. The molecule has 2 aromatic rings. The molecule has 0 aromatic carbocycles. The number of carboxylic acids is 1. The Labute approximate surface area is 138 Å². The van der Waals surface area contributed by atoms with Gasteiger partial charge in [-0.15, -0.1) is 11.3 Å². The van der Waals surface area contributed by atoms with E-state index in [9.17, 15) is 13.2 Å². The number of aryl methyl sites for hydroxylation is 2. The molecule has 0 aliphatic carbocycles. The van der Waals surface area contributed by atoms with Crippen molar-refractivity contribution in [1.29, 1.82) is 0 Å². The summed E-state index contributed by atoms with van der Waals surface area (Å²) in [5.74, 6) is -0.867. The van der Waals surface area contributed by atoms with Gasteiger partial charge in [0.2, 0.25) is 0 Å². The summed E-state index contributed by atoms with van der Waals surface area (Å²) in [7, 11) is -3.48. The molecule has 0 saturated carbocycles. The fraction of sp³-hybridized carbons (Fsp3) is 0.429. The maximum Gasteiger partial charge on any atom is 0.303 e. The number of thiophene rings is 1. The second kappa shape index (κ2) is 6.06. The molecule has 23 heavy (non-hydrogen) atoms. The molecule has 3 rings (SSSR count). The molecular weight excluding hydrogens is 338 g/mol. The quantitative estimate of drug-likeness (QED) is 0.877. The summed E-state index contributed by atoms with van der Waals surface area (Å²) in [4.78, 5) is 11.6. The summed E-state index contributed by atoms with van der Waals surface area (Å²) < 4.78 is 28.9. The van der Waals surface area contributed by atoms with Crippen LogP contribution in [0.2, 0.25) is 0 Å². The molecule has 1 aliphatic heterocycles. The number of aliphatic carboxylic acids is 1. The van der Waals surface area contributed by atoms with E-state index in [0.717, 1.165) is 10.6 Å². The number of aromatic nitrogens is 2. The molecule has 0 amide bonds. The van der Waals surface area contributed by atoms with Gasteiger partial charge in [0.1, 0.15) is 4.21 Å². The number of sulfonamides is 1. The smallest absolute Gasteiger partial charge is 0.303 e. The minimum atomic E-state index is -3.48. The summed E-state index contributed by atoms with van der Waals surface area (Å²) in [5, 5.41) is 13.1. The van der Waals surface area contributed by atoms with E-state index >= 15 is 0 Å². The van der Waals surface area contributed by atoms with E-state index in [-0.39, 0.29) is 13.0 Å². The van der Waals surface area contributed by atoms with Gasteiger partial charge in [-0.2, -0.15) is 9.40 Å². The molecule has 0 bridgehead atoms. The Morgan fingerprint density at radius 3 is 2.83 bits per heavy atom. The maximum atomic E-state index is 12.7. The Bertz CT molecular complexity index is 838. The van der Waals surface area contributed by atoms with Gasteiger partial charge in [0, 0.05) is 17.8 Å². The molecule has 0 radical (unpaired) electrons. The standard InChI is InChI=1S/C14H17N3O4S2/c1-10-2-5-14(22-10)23(20,21)16-6-7-17-12(9-16)8-11(15-17)3-4-13(18)19/h2,5,8H,3-4,6-7,9H2,1H3,(H,18,19). The predicted octanol–water partition coefficient (Wildman–Crippen LogP) is 1.47. The van der Waals surface area contributed by atoms with Crippen molar-refractivity contribution in [2.24, 2.45) is 0 Å². The molecule has 0 spiro atoms. The second-order valence-corrected chi connectivity index (χ2v) is 8.90. The number of fused-ring (bicyclic) bond motifs is 1. The largest absolute Gasteiger partial charge is 0.481 e. The van der Waals surface area contributed by atoms with Crippen molar-refractivity contribution < 1.29 is 18.3 Å². The van der Waals surface area contributed by atoms with Gasteiger partial charge < -0.3 is 5.11 Å². The van der Waals surface area contributed by atoms with Crippen LogP contribution in [0.5, 0.6) is 0 Å². The molecule has 1 N–H and O–H groups in total. The van der Waals surface area contributed by atoms with Gasteiger partial charge >= 0.3 is 5.97 Å². The SMILES string of the molecule is Cc1ccc(S(=O)(=O)N2CCn3nc(CCC(=O)O)cc3C2)s1. The van der Waals surface area contributed by atoms with Gasteiger partial charge in [0.15, 0.2) is 0 Å². The first kappa shape index (κ1) is 16.2. The van der Waals surface area contributed by atoms with E-state index in [0.29, 0.717) is 29.4 Å². The average molecular weight is 355 g/mol. The van der Waals surface area contributed by atoms with Crippen LogP contribution in [0.1, 0.15) is 22.7 Å². The first-order valence-corrected chi connectivity index (χ1v) is 9.46. The topological polar surface area (TPSA) is 92.5 Å². The minimum Gasteiger partial charge on any atom is -0.481 e. The molecular formula is C14H17N3O4S2. The van der Waals surface area contributed by atoms with Crippen molar-refractivity contribution in [2.45, 2.75) is 37.1 Å². The summed E-state index contributed by atoms with van der Waals surface area (Å²) in [6.07, 6.45) is 0.374. The Balaban J connectivity index is 1.78. The van der Waals surface area contributed by atoms with E-state index in [4.69, 9.17) is 5.11 Å². The number of rotatable bonds is 5. The van der Waals surface area contributed by atoms with Crippen LogP contribution in [-0.2, 0) is 34.3 Å². The molecule has 2 aromatic heterocycles. The Morgan fingerprint density at radius 2 is 2.17 bits per heavy atom. The normalized spacial score (nSPS) is 15.5. The maximum absolute atomic E-state index is 12.7. The van der Waals surface area contributed by atoms with Gasteiger partial charge in [-0.25, -0.2) is 8.42 Å². The van der Waals surface area contributed by atoms with E-state index in [1.165, 1.54) is 15.6 Å². The zero-order valence-corrected chi connectivity index (χ0v) is 14.2. The predicted molar refractivity (Wildman–Crippen MR) is 84.8 cm³/mol. The zero-order valence-electron chi connectivity index (χ0n) is 12.6. The molecule has 0 saturated heterocycles. The van der Waals surface area contributed by atoms with Crippen LogP contribution in [-0.4, -0.2) is 40.1 Å². The van der Waals surface area contributed by atoms with Crippen LogP contribution in [0.25, 0.3) is 0 Å². The van der Waals surface area contributed by atoms with Crippen molar-refractivity contribution in [3.8, 4) is 0 Å². The molecule has 1 aliphatic rings. The molecule has 0 unspecified atom stereocenters. The fourth-order valence-corrected chi connectivity index (χ4v) is 5.38. The molecule has 0 atom stereocenters. The van der Waals surface area contributed by atoms with Gasteiger partial charge in [0.05, 0.1) is 30.9 Å². The lowest BCUT2D eigenvalue weighted by Crippen LogP contribution is -2.38. The van der Waals surface area contributed by atoms with Crippen LogP contribution in [0.4, 0.5) is 0 Å². The average Bonchev–Trinajstić information content (AvgIpc) is 3.10. The van der Waals surface area contributed by atoms with Crippen molar-refractivity contribution in [1.82, 2.24) is 14.1 Å². The first-order chi connectivity index (χ1) is 10.9. The van der Waals surface area contributed by atoms with Gasteiger partial charge in [-0.05, 0) is 25.1 Å². The summed E-state index contributed by atoms with van der Waals surface area (Å²) >= 11 is 1.27. The minimum absolute atomic E-state index is 0.0208. The highest BCUT2D eigenvalue weighted by Crippen LogP contribution is 2.27. The van der Waals surface area contributed by atoms with Crippen molar-refractivity contribution >= 4 is 27.3 Å². The van der Waals surface area contributed by atoms with Crippen LogP contribution < -0.4 is 0 Å². The number of hydrogen-bond acceptors (Lipinski definition) is 5. The lowest BCUT2D eigenvalue weighted by Gasteiger charge is -2.26. The van der Waals surface area contributed by atoms with E-state index in [1.807, 2.05) is 6.92 Å². The number of carboxylic acid groups (broad SMARTS) is 1. The number of nitrogens with zero attached hydrogens (tertiary/aromatic N) is 3. The molecule has 7 nitrogen and oxygen atoms in total. The lowest BCUT2D eigenvalue weighted by molar-refractivity contribution is -0.136. The Kier molecular flexibility index (Phi) is 4.26. The van der Waals surface area contributed by atoms with Crippen LogP contribution in [0, 0.1) is 6.92 Å². The third-order valence-corrected chi connectivity index (χ3v) is 7.03. The van der Waals surface area contributed by atoms with Crippen LogP contribution >= 0.6 is 11.3 Å². The highest BCUT2D eigenvalue weighted by molar-refractivity contribution is 7.91. The first-order valence-electron chi connectivity index (χ1n) is 7.20. The fourth-order valence-electron chi connectivity index (χ4n) is 2.54. The van der Waals surface area contributed by atoms with Gasteiger partial charge in [-0.1, -0.05) is 0 Å². The lowest BCUT2D eigenvalue weighted by atomic mass is 10.2. The molecule has 9 heteroatoms. The van der Waals surface area contributed by atoms with Gasteiger partial charge in [-0.3, -0.25) is 9.48 Å². The van der Waals surface area contributed by atoms with Crippen molar-refractivity contribution in [3.63, 3.8) is 0 Å². The van der Waals surface area contributed by atoms with Crippen LogP contribution in [0.3, 0.4) is 0 Å². The second-order valence-electron chi connectivity index (χ2n) is 5.45. The monoisotopic (exact) mass is 355 g/mol. The van der Waals surface area contributed by atoms with Crippen LogP contribution in [0.15, 0.2) is 22.4 Å². The van der Waals surface area contributed by atoms with Crippen molar-refractivity contribution in [3.05, 3.63) is 34.5 Å². The van der Waals surface area contributed by atoms with Crippen molar-refractivity contribution in [2.75, 3.05) is 6.54 Å². The Hall–Kier alpha value is -1.71. The highest BCUT2D eigenvalue weighted by Gasteiger charge is 2.30. The number of carbonyl (C=O) groups is 1. The summed E-state index contributed by atoms with van der Waals surface area (Å²) in [6.45, 7) is 2.99. The summed E-state index contributed by atoms with van der Waals surface area (Å²) in [5.41, 5.74) is 1.49. The van der Waals surface area contributed by atoms with E-state index < -0.39 is 16.0 Å². The van der Waals surface area contributed by atoms with E-state index in [1.54, 1.807) is 22.9 Å². The molecule has 0 fully saturated rings.